The van der Waals surface area contributed by atoms with Gasteiger partial charge in [0.2, 0.25) is 0 Å². The molecule has 0 spiro atoms. The Hall–Kier alpha value is -1.18. The molecule has 4 unspecified atom stereocenters. The van der Waals surface area contributed by atoms with Crippen LogP contribution in [0.1, 0.15) is 213 Å². The van der Waals surface area contributed by atoms with E-state index in [1.165, 1.54) is 77.0 Å². The third kappa shape index (κ3) is 33.5. The van der Waals surface area contributed by atoms with E-state index in [-0.39, 0.29) is 12.8 Å². The van der Waals surface area contributed by atoms with Crippen LogP contribution in [0.15, 0.2) is 0 Å². The standard InChI is InChI=1S/C45H87O20P3/c1-3-5-6-7-8-9-10-12-17-20-23-26-29-33-39(48)62-37(34-60-38(47)32-28-25-22-19-16-14-11-13-15-18-21-24-27-31-36(46)30-4-2)35-61-68(58,59)65-45-41(50)43(63-66(52,53)54)40(49)44(42(45)51)64-67(55,56)57/h37,40-45,49-51H,3-35H2,1-2H3,(H,58,59)(H2,52,53,54)(H2,55,56,57)/t37-,40?,41-,42?,43-,44+,45?/m1/s1. The minimum Gasteiger partial charge on any atom is -0.462 e. The van der Waals surface area contributed by atoms with Crippen LogP contribution in [0, 0.1) is 0 Å². The van der Waals surface area contributed by atoms with Gasteiger partial charge in [0, 0.05) is 25.7 Å². The summed E-state index contributed by atoms with van der Waals surface area (Å²) >= 11 is 0. The highest BCUT2D eigenvalue weighted by Crippen LogP contribution is 2.51. The Morgan fingerprint density at radius 2 is 0.765 bits per heavy atom. The van der Waals surface area contributed by atoms with E-state index >= 15 is 0 Å². The monoisotopic (exact) mass is 1040 g/mol. The number of rotatable bonds is 44. The van der Waals surface area contributed by atoms with Crippen molar-refractivity contribution in [2.45, 2.75) is 256 Å². The first-order chi connectivity index (χ1) is 32.2. The average molecular weight is 1040 g/mol. The molecular formula is C45H87O20P3. The zero-order valence-corrected chi connectivity index (χ0v) is 43.4. The van der Waals surface area contributed by atoms with Gasteiger partial charge in [-0.1, -0.05) is 162 Å². The molecule has 0 aliphatic heterocycles. The molecule has 20 nitrogen and oxygen atoms in total. The molecule has 0 amide bonds. The minimum absolute atomic E-state index is 0.0104. The van der Waals surface area contributed by atoms with Gasteiger partial charge in [0.25, 0.3) is 0 Å². The van der Waals surface area contributed by atoms with E-state index in [2.05, 4.69) is 16.0 Å². The second-order valence-corrected chi connectivity index (χ2v) is 21.9. The van der Waals surface area contributed by atoms with E-state index in [9.17, 15) is 67.9 Å². The summed E-state index contributed by atoms with van der Waals surface area (Å²) < 4.78 is 65.6. The number of aliphatic hydroxyl groups excluding tert-OH is 3. The van der Waals surface area contributed by atoms with Crippen LogP contribution in [0.4, 0.5) is 0 Å². The van der Waals surface area contributed by atoms with Gasteiger partial charge in [-0.25, -0.2) is 13.7 Å². The van der Waals surface area contributed by atoms with Crippen LogP contribution in [0.5, 0.6) is 0 Å². The number of carbonyl (C=O) groups excluding carboxylic acids is 3. The maximum atomic E-state index is 13.1. The molecular weight excluding hydrogens is 953 g/mol. The summed E-state index contributed by atoms with van der Waals surface area (Å²) in [6.07, 6.45) is 13.7. The average Bonchev–Trinajstić information content (AvgIpc) is 3.26. The van der Waals surface area contributed by atoms with Gasteiger partial charge >= 0.3 is 35.4 Å². The number of phosphoric acid groups is 3. The van der Waals surface area contributed by atoms with Crippen molar-refractivity contribution in [1.29, 1.82) is 0 Å². The Bertz CT molecular complexity index is 1450. The summed E-state index contributed by atoms with van der Waals surface area (Å²) in [6.45, 7) is 2.71. The van der Waals surface area contributed by atoms with E-state index in [4.69, 9.17) is 18.5 Å². The molecule has 0 saturated heterocycles. The molecule has 23 heteroatoms. The molecule has 402 valence electrons. The van der Waals surface area contributed by atoms with Gasteiger partial charge < -0.3 is 49.3 Å². The number of esters is 2. The fourth-order valence-corrected chi connectivity index (χ4v) is 10.2. The van der Waals surface area contributed by atoms with Gasteiger partial charge in [0.1, 0.15) is 49.0 Å². The van der Waals surface area contributed by atoms with E-state index in [1.807, 2.05) is 6.92 Å². The third-order valence-electron chi connectivity index (χ3n) is 11.8. The van der Waals surface area contributed by atoms with Crippen LogP contribution in [0.3, 0.4) is 0 Å². The first-order valence-corrected chi connectivity index (χ1v) is 29.8. The first kappa shape index (κ1) is 64.8. The Morgan fingerprint density at radius 1 is 0.426 bits per heavy atom. The number of ketones is 1. The number of hydrogen-bond acceptors (Lipinski definition) is 15. The highest BCUT2D eigenvalue weighted by molar-refractivity contribution is 7.47. The highest BCUT2D eigenvalue weighted by Gasteiger charge is 2.56. The SMILES string of the molecule is CCCCCCCCCCCCCCCC(=O)O[C@H](COC(=O)CCCCCCCCCCCCCCCC(=O)CCC)COP(=O)(O)OC1C(O)[C@@H](OP(=O)(O)O)C(O)[C@@H](OP(=O)(O)O)[C@H]1O. The molecule has 68 heavy (non-hydrogen) atoms. The number of aliphatic hydroxyl groups is 3. The number of Topliss-reactive ketones (excluding diaryl/α,β-unsaturated/α-hetero) is 1. The van der Waals surface area contributed by atoms with Gasteiger partial charge in [-0.3, -0.25) is 32.5 Å². The van der Waals surface area contributed by atoms with Crippen molar-refractivity contribution < 1.29 is 95.4 Å². The van der Waals surface area contributed by atoms with Gasteiger partial charge in [-0.05, 0) is 25.7 Å². The largest absolute Gasteiger partial charge is 0.472 e. The summed E-state index contributed by atoms with van der Waals surface area (Å²) in [4.78, 5) is 84.9. The van der Waals surface area contributed by atoms with Gasteiger partial charge in [0.05, 0.1) is 6.61 Å². The predicted molar refractivity (Wildman–Crippen MR) is 253 cm³/mol. The number of hydrogen-bond donors (Lipinski definition) is 8. The molecule has 1 fully saturated rings. The van der Waals surface area contributed by atoms with E-state index in [1.54, 1.807) is 0 Å². The molecule has 8 atom stereocenters. The van der Waals surface area contributed by atoms with Crippen molar-refractivity contribution >= 4 is 41.2 Å². The smallest absolute Gasteiger partial charge is 0.462 e. The molecule has 0 aromatic carbocycles. The fourth-order valence-electron chi connectivity index (χ4n) is 8.07. The van der Waals surface area contributed by atoms with Gasteiger partial charge in [0.15, 0.2) is 6.10 Å². The second kappa shape index (κ2) is 37.5. The molecule has 1 aliphatic carbocycles. The maximum absolute atomic E-state index is 13.1. The number of unbranched alkanes of at least 4 members (excludes halogenated alkanes) is 24. The van der Waals surface area contributed by atoms with Crippen molar-refractivity contribution in [3.8, 4) is 0 Å². The normalized spacial score (nSPS) is 21.3. The highest BCUT2D eigenvalue weighted by atomic mass is 31.2. The molecule has 0 heterocycles. The molecule has 1 rings (SSSR count). The van der Waals surface area contributed by atoms with Crippen LogP contribution in [0.2, 0.25) is 0 Å². The maximum Gasteiger partial charge on any atom is 0.472 e. The molecule has 0 radical (unpaired) electrons. The van der Waals surface area contributed by atoms with Crippen molar-refractivity contribution in [2.75, 3.05) is 13.2 Å². The van der Waals surface area contributed by atoms with Gasteiger partial charge in [-0.2, -0.15) is 0 Å². The Balaban J connectivity index is 2.68. The zero-order valence-electron chi connectivity index (χ0n) is 40.7. The lowest BCUT2D eigenvalue weighted by molar-refractivity contribution is -0.213. The number of ether oxygens (including phenoxy) is 2. The van der Waals surface area contributed by atoms with Crippen LogP contribution in [0.25, 0.3) is 0 Å². The van der Waals surface area contributed by atoms with E-state index < -0.39 is 91.3 Å². The number of carbonyl (C=O) groups is 3. The molecule has 0 aromatic rings. The third-order valence-corrected chi connectivity index (χ3v) is 13.8. The van der Waals surface area contributed by atoms with E-state index in [0.29, 0.717) is 31.5 Å². The second-order valence-electron chi connectivity index (χ2n) is 18.1. The molecule has 8 N–H and O–H groups in total. The summed E-state index contributed by atoms with van der Waals surface area (Å²) in [7, 11) is -16.6. The van der Waals surface area contributed by atoms with Crippen molar-refractivity contribution in [3.05, 3.63) is 0 Å². The molecule has 0 aromatic heterocycles. The Labute approximate surface area is 404 Å². The quantitative estimate of drug-likeness (QED) is 0.0161. The molecule has 0 bridgehead atoms. The summed E-state index contributed by atoms with van der Waals surface area (Å²) in [5, 5.41) is 31.9. The van der Waals surface area contributed by atoms with Crippen LogP contribution in [-0.4, -0.2) is 113 Å². The van der Waals surface area contributed by atoms with Gasteiger partial charge in [-0.15, -0.1) is 0 Å². The Morgan fingerprint density at radius 3 is 1.13 bits per heavy atom. The number of phosphoric ester groups is 3. The van der Waals surface area contributed by atoms with Crippen LogP contribution in [-0.2, 0) is 55.6 Å². The lowest BCUT2D eigenvalue weighted by Crippen LogP contribution is -2.65. The summed E-state index contributed by atoms with van der Waals surface area (Å²) in [5.41, 5.74) is 0. The summed E-state index contributed by atoms with van der Waals surface area (Å²) in [6, 6.07) is 0. The summed E-state index contributed by atoms with van der Waals surface area (Å²) in [5.74, 6) is -0.953. The van der Waals surface area contributed by atoms with Crippen molar-refractivity contribution in [2.24, 2.45) is 0 Å². The van der Waals surface area contributed by atoms with Crippen LogP contribution >= 0.6 is 23.5 Å². The van der Waals surface area contributed by atoms with Crippen molar-refractivity contribution in [1.82, 2.24) is 0 Å². The van der Waals surface area contributed by atoms with E-state index in [0.717, 1.165) is 83.5 Å². The van der Waals surface area contributed by atoms with Crippen LogP contribution < -0.4 is 0 Å². The molecule has 1 saturated carbocycles. The molecule has 1 aliphatic rings. The topological polar surface area (TPSA) is 320 Å². The zero-order chi connectivity index (χ0) is 50.9. The van der Waals surface area contributed by atoms with Crippen molar-refractivity contribution in [3.63, 3.8) is 0 Å². The lowest BCUT2D eigenvalue weighted by Gasteiger charge is -2.44. The first-order valence-electron chi connectivity index (χ1n) is 25.2. The lowest BCUT2D eigenvalue weighted by atomic mass is 9.85. The minimum atomic E-state index is -5.55. The fraction of sp³-hybridized carbons (Fsp3) is 0.933. The predicted octanol–water partition coefficient (Wildman–Crippen LogP) is 8.70. The Kier molecular flexibility index (Phi) is 35.8.